The van der Waals surface area contributed by atoms with Gasteiger partial charge in [-0.2, -0.15) is 4.98 Å². The highest BCUT2D eigenvalue weighted by molar-refractivity contribution is 5.64. The van der Waals surface area contributed by atoms with Gasteiger partial charge in [0.1, 0.15) is 5.82 Å². The van der Waals surface area contributed by atoms with Crippen LogP contribution in [0.25, 0.3) is 11.3 Å². The van der Waals surface area contributed by atoms with Crippen molar-refractivity contribution in [2.45, 2.75) is 52.0 Å². The van der Waals surface area contributed by atoms with Gasteiger partial charge >= 0.3 is 0 Å². The van der Waals surface area contributed by atoms with Gasteiger partial charge in [0, 0.05) is 24.2 Å². The fourth-order valence-corrected chi connectivity index (χ4v) is 3.10. The summed E-state index contributed by atoms with van der Waals surface area (Å²) in [5.41, 5.74) is 2.09. The molecular weight excluding hydrogens is 296 g/mol. The standard InChI is InChI=1S/C20H28N4/c1-15(2)14-21-19-13-18(16-9-5-3-6-10-16)23-20(24-19)22-17-11-7-4-8-12-17/h3,5-6,9-10,13,15,17H,4,7-8,11-12,14H2,1-2H3,(H2,21,22,23,24). The van der Waals surface area contributed by atoms with E-state index in [1.807, 2.05) is 24.3 Å². The fourth-order valence-electron chi connectivity index (χ4n) is 3.10. The highest BCUT2D eigenvalue weighted by atomic mass is 15.2. The Morgan fingerprint density at radius 3 is 2.50 bits per heavy atom. The summed E-state index contributed by atoms with van der Waals surface area (Å²) in [6.07, 6.45) is 6.38. The zero-order valence-electron chi connectivity index (χ0n) is 14.8. The second-order valence-electron chi connectivity index (χ2n) is 7.08. The van der Waals surface area contributed by atoms with Crippen molar-refractivity contribution in [1.29, 1.82) is 0 Å². The molecule has 3 rings (SSSR count). The van der Waals surface area contributed by atoms with Gasteiger partial charge in [-0.15, -0.1) is 0 Å². The van der Waals surface area contributed by atoms with Crippen LogP contribution in [-0.2, 0) is 0 Å². The topological polar surface area (TPSA) is 49.8 Å². The van der Waals surface area contributed by atoms with Gasteiger partial charge in [-0.05, 0) is 18.8 Å². The molecule has 128 valence electrons. The molecule has 1 fully saturated rings. The molecule has 1 heterocycles. The maximum absolute atomic E-state index is 4.76. The van der Waals surface area contributed by atoms with Gasteiger partial charge in [-0.1, -0.05) is 63.4 Å². The molecule has 1 aromatic heterocycles. The maximum Gasteiger partial charge on any atom is 0.225 e. The van der Waals surface area contributed by atoms with Crippen LogP contribution in [0.3, 0.4) is 0 Å². The first-order chi connectivity index (χ1) is 11.7. The van der Waals surface area contributed by atoms with Crippen molar-refractivity contribution in [1.82, 2.24) is 9.97 Å². The Balaban J connectivity index is 1.84. The Hall–Kier alpha value is -2.10. The van der Waals surface area contributed by atoms with Gasteiger partial charge < -0.3 is 10.6 Å². The van der Waals surface area contributed by atoms with E-state index in [4.69, 9.17) is 9.97 Å². The van der Waals surface area contributed by atoms with E-state index in [2.05, 4.69) is 36.6 Å². The van der Waals surface area contributed by atoms with Crippen LogP contribution in [0, 0.1) is 5.92 Å². The van der Waals surface area contributed by atoms with E-state index in [1.165, 1.54) is 32.1 Å². The molecule has 1 aromatic carbocycles. The first kappa shape index (κ1) is 16.7. The first-order valence-electron chi connectivity index (χ1n) is 9.15. The van der Waals surface area contributed by atoms with E-state index in [0.717, 1.165) is 29.6 Å². The second kappa shape index (κ2) is 8.13. The van der Waals surface area contributed by atoms with E-state index in [9.17, 15) is 0 Å². The number of hydrogen-bond donors (Lipinski definition) is 2. The van der Waals surface area contributed by atoms with Gasteiger partial charge in [0.05, 0.1) is 5.69 Å². The molecule has 0 spiro atoms. The van der Waals surface area contributed by atoms with E-state index in [0.29, 0.717) is 12.0 Å². The number of rotatable bonds is 6. The van der Waals surface area contributed by atoms with Crippen LogP contribution >= 0.6 is 0 Å². The zero-order valence-corrected chi connectivity index (χ0v) is 14.8. The minimum Gasteiger partial charge on any atom is -0.370 e. The lowest BCUT2D eigenvalue weighted by atomic mass is 9.96. The lowest BCUT2D eigenvalue weighted by Crippen LogP contribution is -2.24. The molecule has 2 aromatic rings. The minimum absolute atomic E-state index is 0.503. The Morgan fingerprint density at radius 2 is 1.79 bits per heavy atom. The Labute approximate surface area is 145 Å². The molecule has 0 saturated heterocycles. The summed E-state index contributed by atoms with van der Waals surface area (Å²) in [5, 5.41) is 7.00. The molecule has 0 bridgehead atoms. The van der Waals surface area contributed by atoms with Gasteiger partial charge in [-0.3, -0.25) is 0 Å². The molecule has 1 aliphatic rings. The Kier molecular flexibility index (Phi) is 5.68. The maximum atomic E-state index is 4.76. The van der Waals surface area contributed by atoms with E-state index in [1.54, 1.807) is 0 Å². The van der Waals surface area contributed by atoms with Crippen LogP contribution in [0.15, 0.2) is 36.4 Å². The van der Waals surface area contributed by atoms with Crippen LogP contribution < -0.4 is 10.6 Å². The van der Waals surface area contributed by atoms with Crippen LogP contribution in [0.5, 0.6) is 0 Å². The largest absolute Gasteiger partial charge is 0.370 e. The average Bonchev–Trinajstić information content (AvgIpc) is 2.61. The van der Waals surface area contributed by atoms with Crippen molar-refractivity contribution in [2.24, 2.45) is 5.92 Å². The Bertz CT molecular complexity index is 633. The summed E-state index contributed by atoms with van der Waals surface area (Å²) in [6, 6.07) is 12.9. The predicted octanol–water partition coefficient (Wildman–Crippen LogP) is 4.96. The predicted molar refractivity (Wildman–Crippen MR) is 101 cm³/mol. The smallest absolute Gasteiger partial charge is 0.225 e. The van der Waals surface area contributed by atoms with Crippen LogP contribution in [0.2, 0.25) is 0 Å². The van der Waals surface area contributed by atoms with Gasteiger partial charge in [0.25, 0.3) is 0 Å². The molecule has 24 heavy (non-hydrogen) atoms. The Morgan fingerprint density at radius 1 is 1.04 bits per heavy atom. The van der Waals surface area contributed by atoms with Crippen molar-refractivity contribution < 1.29 is 0 Å². The molecule has 1 saturated carbocycles. The number of benzene rings is 1. The molecule has 4 heteroatoms. The van der Waals surface area contributed by atoms with Gasteiger partial charge in [-0.25, -0.2) is 4.98 Å². The average molecular weight is 324 g/mol. The lowest BCUT2D eigenvalue weighted by Gasteiger charge is -2.23. The number of anilines is 2. The molecular formula is C20H28N4. The molecule has 4 nitrogen and oxygen atoms in total. The molecule has 0 unspecified atom stereocenters. The summed E-state index contributed by atoms with van der Waals surface area (Å²) < 4.78 is 0. The minimum atomic E-state index is 0.503. The molecule has 0 aliphatic heterocycles. The van der Waals surface area contributed by atoms with Crippen molar-refractivity contribution >= 4 is 11.8 Å². The fraction of sp³-hybridized carbons (Fsp3) is 0.500. The third-order valence-electron chi connectivity index (χ3n) is 4.43. The molecule has 0 radical (unpaired) electrons. The van der Waals surface area contributed by atoms with Crippen LogP contribution in [0.4, 0.5) is 11.8 Å². The normalized spacial score (nSPS) is 15.5. The number of nitrogens with one attached hydrogen (secondary N) is 2. The number of aromatic nitrogens is 2. The van der Waals surface area contributed by atoms with Crippen LogP contribution in [-0.4, -0.2) is 22.6 Å². The highest BCUT2D eigenvalue weighted by Crippen LogP contribution is 2.24. The molecule has 1 aliphatic carbocycles. The summed E-state index contributed by atoms with van der Waals surface area (Å²) in [5.74, 6) is 2.22. The third kappa shape index (κ3) is 4.70. The highest BCUT2D eigenvalue weighted by Gasteiger charge is 2.15. The SMILES string of the molecule is CC(C)CNc1cc(-c2ccccc2)nc(NC2CCCCC2)n1. The first-order valence-corrected chi connectivity index (χ1v) is 9.15. The molecule has 0 amide bonds. The third-order valence-corrected chi connectivity index (χ3v) is 4.43. The van der Waals surface area contributed by atoms with Crippen molar-refractivity contribution in [3.63, 3.8) is 0 Å². The van der Waals surface area contributed by atoms with E-state index < -0.39 is 0 Å². The van der Waals surface area contributed by atoms with Crippen molar-refractivity contribution in [3.05, 3.63) is 36.4 Å². The summed E-state index contributed by atoms with van der Waals surface area (Å²) >= 11 is 0. The summed E-state index contributed by atoms with van der Waals surface area (Å²) in [4.78, 5) is 9.45. The lowest BCUT2D eigenvalue weighted by molar-refractivity contribution is 0.461. The second-order valence-corrected chi connectivity index (χ2v) is 7.08. The van der Waals surface area contributed by atoms with E-state index in [-0.39, 0.29) is 0 Å². The van der Waals surface area contributed by atoms with Gasteiger partial charge in [0.2, 0.25) is 5.95 Å². The monoisotopic (exact) mass is 324 g/mol. The van der Waals surface area contributed by atoms with Gasteiger partial charge in [0.15, 0.2) is 0 Å². The van der Waals surface area contributed by atoms with E-state index >= 15 is 0 Å². The van der Waals surface area contributed by atoms with Crippen molar-refractivity contribution in [2.75, 3.05) is 17.2 Å². The number of nitrogens with zero attached hydrogens (tertiary/aromatic N) is 2. The quantitative estimate of drug-likeness (QED) is 0.789. The molecule has 0 atom stereocenters. The summed E-state index contributed by atoms with van der Waals surface area (Å²) in [7, 11) is 0. The zero-order chi connectivity index (χ0) is 16.8. The van der Waals surface area contributed by atoms with Crippen molar-refractivity contribution in [3.8, 4) is 11.3 Å². The summed E-state index contributed by atoms with van der Waals surface area (Å²) in [6.45, 7) is 5.31. The number of hydrogen-bond acceptors (Lipinski definition) is 4. The molecule has 2 N–H and O–H groups in total. The van der Waals surface area contributed by atoms with Crippen LogP contribution in [0.1, 0.15) is 46.0 Å².